The first-order chi connectivity index (χ1) is 11.0. The molecular weight excluding hydrogens is 395 g/mol. The normalized spacial score (nSPS) is 17.7. The van der Waals surface area contributed by atoms with Gasteiger partial charge in [0.05, 0.1) is 4.47 Å². The zero-order chi connectivity index (χ0) is 16.8. The van der Waals surface area contributed by atoms with Crippen molar-refractivity contribution in [3.05, 3.63) is 34.1 Å². The lowest BCUT2D eigenvalue weighted by Crippen LogP contribution is -2.37. The van der Waals surface area contributed by atoms with E-state index in [0.29, 0.717) is 29.2 Å². The number of rotatable bonds is 6. The Morgan fingerprint density at radius 1 is 1.38 bits per heavy atom. The molecule has 136 valence electrons. The van der Waals surface area contributed by atoms with E-state index in [0.717, 1.165) is 31.5 Å². The Hall–Kier alpha value is -0.650. The first kappa shape index (κ1) is 21.4. The molecule has 2 atom stereocenters. The average Bonchev–Trinajstić information content (AvgIpc) is 2.51. The Balaban J connectivity index is 0.00000288. The van der Waals surface area contributed by atoms with Crippen LogP contribution < -0.4 is 10.6 Å². The van der Waals surface area contributed by atoms with Gasteiger partial charge in [0.25, 0.3) is 0 Å². The maximum absolute atomic E-state index is 13.2. The van der Waals surface area contributed by atoms with Crippen molar-refractivity contribution < 1.29 is 9.18 Å². The van der Waals surface area contributed by atoms with Gasteiger partial charge in [0.2, 0.25) is 5.91 Å². The van der Waals surface area contributed by atoms with Crippen LogP contribution in [-0.4, -0.2) is 25.0 Å². The summed E-state index contributed by atoms with van der Waals surface area (Å²) >= 11 is 3.20. The van der Waals surface area contributed by atoms with Gasteiger partial charge in [-0.25, -0.2) is 4.39 Å². The van der Waals surface area contributed by atoms with Crippen molar-refractivity contribution >= 4 is 34.2 Å². The largest absolute Gasteiger partial charge is 0.353 e. The molecule has 0 aromatic heterocycles. The summed E-state index contributed by atoms with van der Waals surface area (Å²) in [6, 6.07) is 5.03. The summed E-state index contributed by atoms with van der Waals surface area (Å²) in [5.74, 6) is 0.917. The summed E-state index contributed by atoms with van der Waals surface area (Å²) in [7, 11) is 0. The lowest BCUT2D eigenvalue weighted by molar-refractivity contribution is -0.122. The third kappa shape index (κ3) is 6.69. The van der Waals surface area contributed by atoms with Gasteiger partial charge in [-0.15, -0.1) is 12.4 Å². The number of amides is 1. The molecule has 1 amide bonds. The second-order valence-electron chi connectivity index (χ2n) is 6.69. The fourth-order valence-corrected chi connectivity index (χ4v) is 3.70. The predicted octanol–water partition coefficient (Wildman–Crippen LogP) is 4.08. The van der Waals surface area contributed by atoms with Crippen LogP contribution in [0.1, 0.15) is 38.7 Å². The van der Waals surface area contributed by atoms with E-state index in [9.17, 15) is 9.18 Å². The van der Waals surface area contributed by atoms with Crippen molar-refractivity contribution in [1.82, 2.24) is 10.6 Å². The Kier molecular flexibility index (Phi) is 9.24. The molecule has 1 aromatic carbocycles. The van der Waals surface area contributed by atoms with Gasteiger partial charge in [0.1, 0.15) is 5.82 Å². The zero-order valence-corrected chi connectivity index (χ0v) is 16.7. The predicted molar refractivity (Wildman–Crippen MR) is 102 cm³/mol. The fourth-order valence-electron chi connectivity index (χ4n) is 3.28. The third-order valence-electron chi connectivity index (χ3n) is 4.63. The molecule has 0 saturated carbocycles. The summed E-state index contributed by atoms with van der Waals surface area (Å²) in [6.45, 7) is 6.29. The SMILES string of the molecule is CC(Cc1ccc(F)c(Br)c1)NC(=O)CC(C)C1CCNCC1.Cl. The second-order valence-corrected chi connectivity index (χ2v) is 7.54. The molecule has 2 rings (SSSR count). The topological polar surface area (TPSA) is 41.1 Å². The summed E-state index contributed by atoms with van der Waals surface area (Å²) in [5, 5.41) is 6.43. The Morgan fingerprint density at radius 2 is 2.04 bits per heavy atom. The minimum absolute atomic E-state index is 0. The number of carbonyl (C=O) groups is 1. The number of nitrogens with one attached hydrogen (secondary N) is 2. The van der Waals surface area contributed by atoms with Crippen LogP contribution in [0.2, 0.25) is 0 Å². The number of carbonyl (C=O) groups excluding carboxylic acids is 1. The van der Waals surface area contributed by atoms with Gasteiger partial charge in [0, 0.05) is 12.5 Å². The molecule has 1 aliphatic rings. The number of benzene rings is 1. The molecule has 3 nitrogen and oxygen atoms in total. The Bertz CT molecular complexity index is 538. The number of hydrogen-bond acceptors (Lipinski definition) is 2. The van der Waals surface area contributed by atoms with Gasteiger partial charge in [0.15, 0.2) is 0 Å². The van der Waals surface area contributed by atoms with Crippen LogP contribution in [0, 0.1) is 17.7 Å². The van der Waals surface area contributed by atoms with Crippen molar-refractivity contribution in [2.24, 2.45) is 11.8 Å². The molecule has 1 fully saturated rings. The number of halogens is 3. The maximum atomic E-state index is 13.2. The highest BCUT2D eigenvalue weighted by molar-refractivity contribution is 9.10. The molecule has 6 heteroatoms. The van der Waals surface area contributed by atoms with Crippen LogP contribution in [-0.2, 0) is 11.2 Å². The van der Waals surface area contributed by atoms with Gasteiger partial charge < -0.3 is 10.6 Å². The summed E-state index contributed by atoms with van der Waals surface area (Å²) in [4.78, 5) is 12.2. The van der Waals surface area contributed by atoms with Crippen molar-refractivity contribution in [3.8, 4) is 0 Å². The third-order valence-corrected chi connectivity index (χ3v) is 5.24. The van der Waals surface area contributed by atoms with E-state index in [-0.39, 0.29) is 30.2 Å². The smallest absolute Gasteiger partial charge is 0.220 e. The van der Waals surface area contributed by atoms with E-state index in [1.54, 1.807) is 12.1 Å². The highest BCUT2D eigenvalue weighted by atomic mass is 79.9. The van der Waals surface area contributed by atoms with E-state index in [1.165, 1.54) is 6.07 Å². The van der Waals surface area contributed by atoms with Crippen LogP contribution in [0.4, 0.5) is 4.39 Å². The second kappa shape index (κ2) is 10.4. The molecule has 0 bridgehead atoms. The standard InChI is InChI=1S/C18H26BrFN2O.ClH/c1-12(15-5-7-21-8-6-15)9-18(23)22-13(2)10-14-3-4-17(20)16(19)11-14;/h3-4,11-13,15,21H,5-10H2,1-2H3,(H,22,23);1H. The molecule has 2 unspecified atom stereocenters. The van der Waals surface area contributed by atoms with E-state index in [4.69, 9.17) is 0 Å². The first-order valence-electron chi connectivity index (χ1n) is 8.39. The number of hydrogen-bond donors (Lipinski definition) is 2. The molecule has 2 N–H and O–H groups in total. The Morgan fingerprint density at radius 3 is 2.67 bits per heavy atom. The minimum atomic E-state index is -0.263. The van der Waals surface area contributed by atoms with Crippen molar-refractivity contribution in [3.63, 3.8) is 0 Å². The maximum Gasteiger partial charge on any atom is 0.220 e. The number of piperidine rings is 1. The van der Waals surface area contributed by atoms with Gasteiger partial charge in [-0.05, 0) is 84.7 Å². The van der Waals surface area contributed by atoms with E-state index >= 15 is 0 Å². The summed E-state index contributed by atoms with van der Waals surface area (Å²) in [5.41, 5.74) is 1.01. The quantitative estimate of drug-likeness (QED) is 0.726. The van der Waals surface area contributed by atoms with Gasteiger partial charge >= 0.3 is 0 Å². The van der Waals surface area contributed by atoms with Crippen LogP contribution >= 0.6 is 28.3 Å². The molecule has 24 heavy (non-hydrogen) atoms. The molecule has 1 heterocycles. The van der Waals surface area contributed by atoms with E-state index < -0.39 is 0 Å². The first-order valence-corrected chi connectivity index (χ1v) is 9.19. The van der Waals surface area contributed by atoms with Crippen LogP contribution in [0.3, 0.4) is 0 Å². The van der Waals surface area contributed by atoms with Crippen LogP contribution in [0.5, 0.6) is 0 Å². The average molecular weight is 422 g/mol. The molecule has 0 aliphatic carbocycles. The highest BCUT2D eigenvalue weighted by Crippen LogP contribution is 2.24. The zero-order valence-electron chi connectivity index (χ0n) is 14.3. The van der Waals surface area contributed by atoms with Crippen molar-refractivity contribution in [2.45, 2.75) is 45.6 Å². The van der Waals surface area contributed by atoms with Gasteiger partial charge in [-0.3, -0.25) is 4.79 Å². The van der Waals surface area contributed by atoms with Crippen LogP contribution in [0.25, 0.3) is 0 Å². The minimum Gasteiger partial charge on any atom is -0.353 e. The molecule has 1 saturated heterocycles. The summed E-state index contributed by atoms with van der Waals surface area (Å²) in [6.07, 6.45) is 3.61. The molecule has 0 spiro atoms. The fraction of sp³-hybridized carbons (Fsp3) is 0.611. The highest BCUT2D eigenvalue weighted by Gasteiger charge is 2.22. The Labute approximate surface area is 158 Å². The molecule has 1 aliphatic heterocycles. The van der Waals surface area contributed by atoms with E-state index in [2.05, 4.69) is 33.5 Å². The lowest BCUT2D eigenvalue weighted by Gasteiger charge is -2.28. The van der Waals surface area contributed by atoms with E-state index in [1.807, 2.05) is 6.92 Å². The van der Waals surface area contributed by atoms with Crippen LogP contribution in [0.15, 0.2) is 22.7 Å². The molecule has 1 aromatic rings. The van der Waals surface area contributed by atoms with Crippen molar-refractivity contribution in [2.75, 3.05) is 13.1 Å². The monoisotopic (exact) mass is 420 g/mol. The molecule has 0 radical (unpaired) electrons. The lowest BCUT2D eigenvalue weighted by atomic mass is 9.84. The van der Waals surface area contributed by atoms with Gasteiger partial charge in [-0.2, -0.15) is 0 Å². The summed E-state index contributed by atoms with van der Waals surface area (Å²) < 4.78 is 13.7. The van der Waals surface area contributed by atoms with Crippen molar-refractivity contribution in [1.29, 1.82) is 0 Å². The molecular formula is C18H27BrClFN2O. The van der Waals surface area contributed by atoms with Gasteiger partial charge in [-0.1, -0.05) is 13.0 Å².